The third-order valence-corrected chi connectivity index (χ3v) is 2.67. The van der Waals surface area contributed by atoms with Crippen molar-refractivity contribution in [3.8, 4) is 0 Å². The second-order valence-corrected chi connectivity index (χ2v) is 4.36. The highest BCUT2D eigenvalue weighted by Crippen LogP contribution is 2.19. The number of rotatable bonds is 3. The molecule has 0 aromatic carbocycles. The highest BCUT2D eigenvalue weighted by molar-refractivity contribution is 5.76. The molecule has 0 radical (unpaired) electrons. The Labute approximate surface area is 99.0 Å². The molecule has 1 rings (SSSR count). The fraction of sp³-hybridized carbons (Fsp3) is 0.900. The summed E-state index contributed by atoms with van der Waals surface area (Å²) in [4.78, 5) is 11.4. The monoisotopic (exact) mass is 249 g/mol. The van der Waals surface area contributed by atoms with E-state index in [0.29, 0.717) is 0 Å². The standard InChI is InChI=1S/C10H19NO6/c1-4(12)3-6(13)11-7-8(14)5(2)17-10(16)9(7)15/h4-5,7-10,12,14-16H,3H2,1-2H3,(H,11,13)/t4-,5+,7-,8+,9+,10+/m0/s1. The topological polar surface area (TPSA) is 119 Å². The number of aliphatic hydroxyl groups is 4. The zero-order chi connectivity index (χ0) is 13.2. The summed E-state index contributed by atoms with van der Waals surface area (Å²) in [6, 6.07) is -1.01. The predicted molar refractivity (Wildman–Crippen MR) is 56.8 cm³/mol. The molecule has 100 valence electrons. The van der Waals surface area contributed by atoms with E-state index in [1.54, 1.807) is 0 Å². The molecule has 5 N–H and O–H groups in total. The third-order valence-electron chi connectivity index (χ3n) is 2.67. The van der Waals surface area contributed by atoms with Gasteiger partial charge in [-0.05, 0) is 13.8 Å². The zero-order valence-corrected chi connectivity index (χ0v) is 9.78. The van der Waals surface area contributed by atoms with Crippen molar-refractivity contribution in [1.82, 2.24) is 5.32 Å². The minimum atomic E-state index is -1.45. The van der Waals surface area contributed by atoms with E-state index in [1.807, 2.05) is 0 Å². The first-order chi connectivity index (χ1) is 7.82. The molecule has 1 aliphatic heterocycles. The van der Waals surface area contributed by atoms with E-state index < -0.39 is 42.7 Å². The van der Waals surface area contributed by atoms with Crippen molar-refractivity contribution < 1.29 is 30.0 Å². The van der Waals surface area contributed by atoms with Gasteiger partial charge in [0.1, 0.15) is 12.2 Å². The van der Waals surface area contributed by atoms with Crippen molar-refractivity contribution >= 4 is 5.91 Å². The van der Waals surface area contributed by atoms with E-state index >= 15 is 0 Å². The SMILES string of the molecule is C[C@H](O)CC(=O)N[C@@H]1[C@@H](O)[C@H](O)O[C@H](C)[C@H]1O. The minimum Gasteiger partial charge on any atom is -0.393 e. The molecular formula is C10H19NO6. The van der Waals surface area contributed by atoms with E-state index in [2.05, 4.69) is 5.32 Å². The highest BCUT2D eigenvalue weighted by Gasteiger charge is 2.42. The maximum Gasteiger partial charge on any atom is 0.222 e. The quantitative estimate of drug-likeness (QED) is 0.384. The average Bonchev–Trinajstić information content (AvgIpc) is 2.20. The summed E-state index contributed by atoms with van der Waals surface area (Å²) in [6.45, 7) is 2.97. The molecule has 6 atom stereocenters. The van der Waals surface area contributed by atoms with Gasteiger partial charge in [0.25, 0.3) is 0 Å². The maximum atomic E-state index is 11.4. The molecule has 0 aliphatic carbocycles. The van der Waals surface area contributed by atoms with Gasteiger partial charge >= 0.3 is 0 Å². The first-order valence-electron chi connectivity index (χ1n) is 5.50. The molecule has 17 heavy (non-hydrogen) atoms. The number of nitrogens with one attached hydrogen (secondary N) is 1. The lowest BCUT2D eigenvalue weighted by Gasteiger charge is -2.39. The van der Waals surface area contributed by atoms with Gasteiger partial charge in [-0.1, -0.05) is 0 Å². The second kappa shape index (κ2) is 5.74. The van der Waals surface area contributed by atoms with Crippen LogP contribution in [0.4, 0.5) is 0 Å². The fourth-order valence-corrected chi connectivity index (χ4v) is 1.74. The number of hydrogen-bond donors (Lipinski definition) is 5. The molecule has 0 bridgehead atoms. The van der Waals surface area contributed by atoms with Crippen LogP contribution in [0.3, 0.4) is 0 Å². The Balaban J connectivity index is 2.63. The van der Waals surface area contributed by atoms with E-state index in [1.165, 1.54) is 13.8 Å². The Morgan fingerprint density at radius 2 is 1.94 bits per heavy atom. The van der Waals surface area contributed by atoms with Crippen LogP contribution in [-0.4, -0.2) is 63.1 Å². The van der Waals surface area contributed by atoms with Crippen molar-refractivity contribution in [1.29, 1.82) is 0 Å². The molecule has 1 fully saturated rings. The number of hydrogen-bond acceptors (Lipinski definition) is 6. The molecule has 0 spiro atoms. The molecule has 1 heterocycles. The predicted octanol–water partition coefficient (Wildman–Crippen LogP) is -2.30. The summed E-state index contributed by atoms with van der Waals surface area (Å²) < 4.78 is 4.86. The Kier molecular flexibility index (Phi) is 4.84. The van der Waals surface area contributed by atoms with Crippen molar-refractivity contribution in [3.63, 3.8) is 0 Å². The molecule has 1 saturated heterocycles. The Morgan fingerprint density at radius 1 is 1.35 bits per heavy atom. The largest absolute Gasteiger partial charge is 0.393 e. The number of amides is 1. The molecule has 7 nitrogen and oxygen atoms in total. The van der Waals surface area contributed by atoms with Crippen molar-refractivity contribution in [2.24, 2.45) is 0 Å². The van der Waals surface area contributed by atoms with E-state index in [0.717, 1.165) is 0 Å². The molecular weight excluding hydrogens is 230 g/mol. The minimum absolute atomic E-state index is 0.138. The van der Waals surface area contributed by atoms with Gasteiger partial charge in [-0.25, -0.2) is 0 Å². The summed E-state index contributed by atoms with van der Waals surface area (Å²) in [6.07, 6.45) is -5.63. The van der Waals surface area contributed by atoms with Crippen LogP contribution in [0, 0.1) is 0 Å². The van der Waals surface area contributed by atoms with Crippen molar-refractivity contribution in [2.45, 2.75) is 57.0 Å². The molecule has 1 aliphatic rings. The zero-order valence-electron chi connectivity index (χ0n) is 9.78. The average molecular weight is 249 g/mol. The smallest absolute Gasteiger partial charge is 0.222 e. The molecule has 0 saturated carbocycles. The second-order valence-electron chi connectivity index (χ2n) is 4.36. The van der Waals surface area contributed by atoms with Crippen LogP contribution in [0.15, 0.2) is 0 Å². The van der Waals surface area contributed by atoms with Crippen LogP contribution in [0.5, 0.6) is 0 Å². The van der Waals surface area contributed by atoms with Crippen LogP contribution < -0.4 is 5.32 Å². The first kappa shape index (κ1) is 14.3. The molecule has 7 heteroatoms. The van der Waals surface area contributed by atoms with Crippen LogP contribution >= 0.6 is 0 Å². The normalized spacial score (nSPS) is 39.8. The van der Waals surface area contributed by atoms with Crippen LogP contribution in [0.2, 0.25) is 0 Å². The van der Waals surface area contributed by atoms with Crippen molar-refractivity contribution in [3.05, 3.63) is 0 Å². The van der Waals surface area contributed by atoms with E-state index in [4.69, 9.17) is 9.84 Å². The third kappa shape index (κ3) is 3.62. The number of aliphatic hydroxyl groups excluding tert-OH is 4. The van der Waals surface area contributed by atoms with Gasteiger partial charge < -0.3 is 30.5 Å². The molecule has 1 amide bonds. The summed E-state index contributed by atoms with van der Waals surface area (Å²) in [5.74, 6) is -0.510. The highest BCUT2D eigenvalue weighted by atomic mass is 16.6. The van der Waals surface area contributed by atoms with Gasteiger partial charge in [-0.2, -0.15) is 0 Å². The maximum absolute atomic E-state index is 11.4. The van der Waals surface area contributed by atoms with Crippen LogP contribution in [0.1, 0.15) is 20.3 Å². The van der Waals surface area contributed by atoms with E-state index in [9.17, 15) is 20.1 Å². The van der Waals surface area contributed by atoms with Gasteiger partial charge in [-0.15, -0.1) is 0 Å². The van der Waals surface area contributed by atoms with Crippen molar-refractivity contribution in [2.75, 3.05) is 0 Å². The summed E-state index contributed by atoms with van der Waals surface area (Å²) in [7, 11) is 0. The fourth-order valence-electron chi connectivity index (χ4n) is 1.74. The lowest BCUT2D eigenvalue weighted by molar-refractivity contribution is -0.251. The molecule has 0 unspecified atom stereocenters. The van der Waals surface area contributed by atoms with Gasteiger partial charge in [-0.3, -0.25) is 4.79 Å². The van der Waals surface area contributed by atoms with Crippen LogP contribution in [0.25, 0.3) is 0 Å². The van der Waals surface area contributed by atoms with Gasteiger partial charge in [0, 0.05) is 0 Å². The Hall–Kier alpha value is -0.730. The van der Waals surface area contributed by atoms with Gasteiger partial charge in [0.2, 0.25) is 5.91 Å². The van der Waals surface area contributed by atoms with Crippen LogP contribution in [-0.2, 0) is 9.53 Å². The number of carbonyl (C=O) groups excluding carboxylic acids is 1. The lowest BCUT2D eigenvalue weighted by atomic mass is 9.96. The molecule has 0 aromatic rings. The van der Waals surface area contributed by atoms with E-state index in [-0.39, 0.29) is 6.42 Å². The molecule has 0 aromatic heterocycles. The number of carbonyl (C=O) groups is 1. The summed E-state index contributed by atoms with van der Waals surface area (Å²) >= 11 is 0. The Bertz CT molecular complexity index is 258. The first-order valence-corrected chi connectivity index (χ1v) is 5.50. The lowest BCUT2D eigenvalue weighted by Crippen LogP contribution is -2.63. The summed E-state index contributed by atoms with van der Waals surface area (Å²) in [5, 5.41) is 40.1. The summed E-state index contributed by atoms with van der Waals surface area (Å²) in [5.41, 5.74) is 0. The van der Waals surface area contributed by atoms with Gasteiger partial charge in [0.05, 0.1) is 24.7 Å². The number of ether oxygens (including phenoxy) is 1. The van der Waals surface area contributed by atoms with Gasteiger partial charge in [0.15, 0.2) is 6.29 Å². The Morgan fingerprint density at radius 3 is 2.47 bits per heavy atom.